The highest BCUT2D eigenvalue weighted by Gasteiger charge is 2.11. The predicted octanol–water partition coefficient (Wildman–Crippen LogP) is 5.47. The van der Waals surface area contributed by atoms with E-state index in [1.54, 1.807) is 12.1 Å². The average molecular weight is 335 g/mol. The van der Waals surface area contributed by atoms with Gasteiger partial charge in [0.05, 0.1) is 15.1 Å². The quantitative estimate of drug-likeness (QED) is 0.740. The second kappa shape index (κ2) is 6.34. The van der Waals surface area contributed by atoms with E-state index in [2.05, 4.69) is 0 Å². The molecule has 0 radical (unpaired) electrons. The lowest BCUT2D eigenvalue weighted by Crippen LogP contribution is -2.02. The standard InChI is InChI=1S/C14H11Cl4N/c15-11-2-1-8(3-4-19)5-9(11)10-6-13(17)14(18)7-12(10)16/h1-2,5-7H,3-4,19H2. The van der Waals surface area contributed by atoms with Gasteiger partial charge in [0.2, 0.25) is 0 Å². The molecule has 0 heterocycles. The minimum absolute atomic E-state index is 0.421. The van der Waals surface area contributed by atoms with Gasteiger partial charge in [0, 0.05) is 16.1 Å². The second-order valence-corrected chi connectivity index (χ2v) is 5.73. The average Bonchev–Trinajstić information content (AvgIpc) is 2.37. The van der Waals surface area contributed by atoms with Crippen LogP contribution in [0, 0.1) is 0 Å². The summed E-state index contributed by atoms with van der Waals surface area (Å²) in [6, 6.07) is 9.10. The van der Waals surface area contributed by atoms with Crippen molar-refractivity contribution in [2.24, 2.45) is 5.73 Å². The molecule has 0 spiro atoms. The van der Waals surface area contributed by atoms with Gasteiger partial charge in [0.1, 0.15) is 0 Å². The van der Waals surface area contributed by atoms with Crippen molar-refractivity contribution in [2.75, 3.05) is 6.54 Å². The van der Waals surface area contributed by atoms with Gasteiger partial charge in [-0.05, 0) is 42.8 Å². The predicted molar refractivity (Wildman–Crippen MR) is 84.7 cm³/mol. The van der Waals surface area contributed by atoms with Gasteiger partial charge in [-0.3, -0.25) is 0 Å². The Bertz CT molecular complexity index is 611. The molecule has 0 fully saturated rings. The fourth-order valence-electron chi connectivity index (χ4n) is 1.83. The largest absolute Gasteiger partial charge is 0.330 e. The first-order chi connectivity index (χ1) is 9.02. The third-order valence-electron chi connectivity index (χ3n) is 2.76. The van der Waals surface area contributed by atoms with Gasteiger partial charge < -0.3 is 5.73 Å². The molecule has 0 amide bonds. The van der Waals surface area contributed by atoms with Crippen LogP contribution >= 0.6 is 46.4 Å². The summed E-state index contributed by atoms with van der Waals surface area (Å²) in [5, 5.41) is 1.99. The van der Waals surface area contributed by atoms with E-state index < -0.39 is 0 Å². The number of hydrogen-bond donors (Lipinski definition) is 1. The van der Waals surface area contributed by atoms with Crippen molar-refractivity contribution in [3.63, 3.8) is 0 Å². The highest BCUT2D eigenvalue weighted by atomic mass is 35.5. The Morgan fingerprint density at radius 1 is 0.737 bits per heavy atom. The fourth-order valence-corrected chi connectivity index (χ4v) is 2.70. The Morgan fingerprint density at radius 3 is 2.05 bits per heavy atom. The summed E-state index contributed by atoms with van der Waals surface area (Å²) < 4.78 is 0. The topological polar surface area (TPSA) is 26.0 Å². The smallest absolute Gasteiger partial charge is 0.0607 e. The van der Waals surface area contributed by atoms with E-state index in [0.717, 1.165) is 23.1 Å². The molecule has 19 heavy (non-hydrogen) atoms. The highest BCUT2D eigenvalue weighted by molar-refractivity contribution is 6.44. The van der Waals surface area contributed by atoms with Gasteiger partial charge in [-0.1, -0.05) is 52.5 Å². The summed E-state index contributed by atoms with van der Waals surface area (Å²) in [5.74, 6) is 0. The Hall–Kier alpha value is -0.440. The van der Waals surface area contributed by atoms with Crippen LogP contribution in [-0.2, 0) is 6.42 Å². The zero-order chi connectivity index (χ0) is 14.0. The first-order valence-corrected chi connectivity index (χ1v) is 7.17. The molecule has 2 N–H and O–H groups in total. The number of benzene rings is 2. The maximum atomic E-state index is 6.23. The number of rotatable bonds is 3. The van der Waals surface area contributed by atoms with E-state index >= 15 is 0 Å². The lowest BCUT2D eigenvalue weighted by Gasteiger charge is -2.10. The Morgan fingerprint density at radius 2 is 1.37 bits per heavy atom. The molecular weight excluding hydrogens is 324 g/mol. The molecule has 1 nitrogen and oxygen atoms in total. The van der Waals surface area contributed by atoms with Crippen molar-refractivity contribution in [1.29, 1.82) is 0 Å². The lowest BCUT2D eigenvalue weighted by molar-refractivity contribution is 0.969. The van der Waals surface area contributed by atoms with Crippen LogP contribution in [0.2, 0.25) is 20.1 Å². The van der Waals surface area contributed by atoms with Crippen molar-refractivity contribution >= 4 is 46.4 Å². The van der Waals surface area contributed by atoms with Crippen LogP contribution in [0.1, 0.15) is 5.56 Å². The molecule has 2 aromatic carbocycles. The molecule has 0 saturated heterocycles. The SMILES string of the molecule is NCCc1ccc(Cl)c(-c2cc(Cl)c(Cl)cc2Cl)c1. The van der Waals surface area contributed by atoms with Crippen LogP contribution in [0.15, 0.2) is 30.3 Å². The summed E-state index contributed by atoms with van der Waals surface area (Å²) in [6.07, 6.45) is 0.781. The van der Waals surface area contributed by atoms with E-state index in [0.29, 0.717) is 26.6 Å². The Balaban J connectivity index is 2.57. The highest BCUT2D eigenvalue weighted by Crippen LogP contribution is 2.38. The minimum Gasteiger partial charge on any atom is -0.330 e. The molecule has 0 aliphatic heterocycles. The maximum Gasteiger partial charge on any atom is 0.0607 e. The van der Waals surface area contributed by atoms with Crippen LogP contribution in [0.3, 0.4) is 0 Å². The zero-order valence-corrected chi connectivity index (χ0v) is 12.9. The monoisotopic (exact) mass is 333 g/mol. The molecule has 2 aromatic rings. The van der Waals surface area contributed by atoms with Gasteiger partial charge in [-0.2, -0.15) is 0 Å². The molecule has 0 bridgehead atoms. The zero-order valence-electron chi connectivity index (χ0n) is 9.89. The fraction of sp³-hybridized carbons (Fsp3) is 0.143. The summed E-state index contributed by atoms with van der Waals surface area (Å²) >= 11 is 24.4. The minimum atomic E-state index is 0.421. The number of nitrogens with two attached hydrogens (primary N) is 1. The van der Waals surface area contributed by atoms with Gasteiger partial charge in [-0.25, -0.2) is 0 Å². The van der Waals surface area contributed by atoms with E-state index in [9.17, 15) is 0 Å². The van der Waals surface area contributed by atoms with Crippen LogP contribution < -0.4 is 5.73 Å². The number of hydrogen-bond acceptors (Lipinski definition) is 1. The van der Waals surface area contributed by atoms with Crippen LogP contribution in [0.4, 0.5) is 0 Å². The molecule has 2 rings (SSSR count). The van der Waals surface area contributed by atoms with E-state index in [4.69, 9.17) is 52.1 Å². The van der Waals surface area contributed by atoms with Crippen molar-refractivity contribution in [3.8, 4) is 11.1 Å². The molecule has 0 aromatic heterocycles. The summed E-state index contributed by atoms with van der Waals surface area (Å²) in [5.41, 5.74) is 8.26. The van der Waals surface area contributed by atoms with Crippen LogP contribution in [0.25, 0.3) is 11.1 Å². The van der Waals surface area contributed by atoms with E-state index in [1.807, 2.05) is 18.2 Å². The third-order valence-corrected chi connectivity index (χ3v) is 4.13. The second-order valence-electron chi connectivity index (χ2n) is 4.10. The molecule has 0 saturated carbocycles. The Kier molecular flexibility index (Phi) is 4.99. The first kappa shape index (κ1) is 15.0. The van der Waals surface area contributed by atoms with Crippen molar-refractivity contribution in [2.45, 2.75) is 6.42 Å². The van der Waals surface area contributed by atoms with Crippen molar-refractivity contribution in [1.82, 2.24) is 0 Å². The third kappa shape index (κ3) is 3.36. The van der Waals surface area contributed by atoms with Gasteiger partial charge in [0.15, 0.2) is 0 Å². The summed E-state index contributed by atoms with van der Waals surface area (Å²) in [7, 11) is 0. The number of halogens is 4. The Labute approximate surface area is 132 Å². The molecule has 5 heteroatoms. The van der Waals surface area contributed by atoms with E-state index in [1.165, 1.54) is 0 Å². The molecular formula is C14H11Cl4N. The molecule has 0 unspecified atom stereocenters. The molecule has 0 aliphatic rings. The van der Waals surface area contributed by atoms with Gasteiger partial charge in [-0.15, -0.1) is 0 Å². The van der Waals surface area contributed by atoms with Gasteiger partial charge in [0.25, 0.3) is 0 Å². The lowest BCUT2D eigenvalue weighted by atomic mass is 10.0. The summed E-state index contributed by atoms with van der Waals surface area (Å²) in [6.45, 7) is 0.580. The normalized spacial score (nSPS) is 10.8. The van der Waals surface area contributed by atoms with Crippen molar-refractivity contribution < 1.29 is 0 Å². The molecule has 0 atom stereocenters. The maximum absolute atomic E-state index is 6.23. The summed E-state index contributed by atoms with van der Waals surface area (Å²) in [4.78, 5) is 0. The molecule has 100 valence electrons. The van der Waals surface area contributed by atoms with E-state index in [-0.39, 0.29) is 0 Å². The van der Waals surface area contributed by atoms with Crippen LogP contribution in [0.5, 0.6) is 0 Å². The first-order valence-electron chi connectivity index (χ1n) is 5.66. The van der Waals surface area contributed by atoms with Gasteiger partial charge >= 0.3 is 0 Å². The van der Waals surface area contributed by atoms with Crippen molar-refractivity contribution in [3.05, 3.63) is 56.0 Å². The van der Waals surface area contributed by atoms with Crippen LogP contribution in [-0.4, -0.2) is 6.54 Å². The molecule has 0 aliphatic carbocycles.